The van der Waals surface area contributed by atoms with Crippen LogP contribution in [-0.4, -0.2) is 40.8 Å². The van der Waals surface area contributed by atoms with Crippen molar-refractivity contribution in [2.75, 3.05) is 20.2 Å². The summed E-state index contributed by atoms with van der Waals surface area (Å²) in [5.74, 6) is 0.731. The van der Waals surface area contributed by atoms with Crippen molar-refractivity contribution in [1.29, 1.82) is 0 Å². The van der Waals surface area contributed by atoms with Crippen LogP contribution in [0.15, 0.2) is 72.9 Å². The van der Waals surface area contributed by atoms with Crippen LogP contribution in [-0.2, 0) is 13.1 Å². The highest BCUT2D eigenvalue weighted by molar-refractivity contribution is 6.30. The lowest BCUT2D eigenvalue weighted by atomic mass is 10.1. The summed E-state index contributed by atoms with van der Waals surface area (Å²) in [7, 11) is 1.69. The van der Waals surface area contributed by atoms with E-state index < -0.39 is 0 Å². The van der Waals surface area contributed by atoms with Crippen molar-refractivity contribution in [3.8, 4) is 5.75 Å². The Kier molecular flexibility index (Phi) is 7.02. The van der Waals surface area contributed by atoms with Crippen LogP contribution in [0, 0.1) is 0 Å². The molecule has 5 rings (SSSR count). The first kappa shape index (κ1) is 23.4. The van der Waals surface area contributed by atoms with Gasteiger partial charge in [0.05, 0.1) is 25.2 Å². The van der Waals surface area contributed by atoms with Crippen molar-refractivity contribution in [1.82, 2.24) is 20.0 Å². The summed E-state index contributed by atoms with van der Waals surface area (Å²) in [4.78, 5) is 15.3. The number of ether oxygens (including phenoxy) is 1. The maximum absolute atomic E-state index is 12.7. The lowest BCUT2D eigenvalue weighted by Crippen LogP contribution is -2.29. The van der Waals surface area contributed by atoms with Crippen LogP contribution in [0.5, 0.6) is 5.75 Å². The number of nitrogens with one attached hydrogen (secondary N) is 1. The van der Waals surface area contributed by atoms with Crippen molar-refractivity contribution in [3.63, 3.8) is 0 Å². The molecule has 7 heteroatoms. The molecule has 6 nitrogen and oxygen atoms in total. The predicted molar refractivity (Wildman–Crippen MR) is 139 cm³/mol. The minimum absolute atomic E-state index is 0.130. The van der Waals surface area contributed by atoms with E-state index in [2.05, 4.69) is 28.5 Å². The Bertz CT molecular complexity index is 1310. The zero-order valence-electron chi connectivity index (χ0n) is 19.8. The molecule has 0 saturated carbocycles. The number of likely N-dealkylation sites (tertiary alicyclic amines) is 1. The number of rotatable bonds is 8. The van der Waals surface area contributed by atoms with Crippen molar-refractivity contribution in [3.05, 3.63) is 94.6 Å². The summed E-state index contributed by atoms with van der Waals surface area (Å²) in [5.41, 5.74) is 3.63. The van der Waals surface area contributed by atoms with E-state index >= 15 is 0 Å². The number of aromatic nitrogens is 2. The van der Waals surface area contributed by atoms with Gasteiger partial charge in [-0.05, 0) is 73.5 Å². The molecule has 2 heterocycles. The number of methoxy groups -OCH3 is 1. The summed E-state index contributed by atoms with van der Waals surface area (Å²) in [6.07, 6.45) is 4.51. The molecule has 1 N–H and O–H groups in total. The van der Waals surface area contributed by atoms with Gasteiger partial charge in [-0.25, -0.2) is 0 Å². The molecule has 1 saturated heterocycles. The second-order valence-corrected chi connectivity index (χ2v) is 9.41. The molecule has 1 unspecified atom stereocenters. The summed E-state index contributed by atoms with van der Waals surface area (Å²) in [5, 5.41) is 9.47. The van der Waals surface area contributed by atoms with E-state index in [1.54, 1.807) is 7.11 Å². The Morgan fingerprint density at radius 2 is 1.89 bits per heavy atom. The van der Waals surface area contributed by atoms with E-state index in [0.717, 1.165) is 41.9 Å². The molecule has 35 heavy (non-hydrogen) atoms. The Morgan fingerprint density at radius 3 is 2.63 bits per heavy atom. The fraction of sp³-hybridized carbons (Fsp3) is 0.286. The Hall–Kier alpha value is -3.35. The first-order valence-corrected chi connectivity index (χ1v) is 12.3. The van der Waals surface area contributed by atoms with Gasteiger partial charge in [0.2, 0.25) is 0 Å². The van der Waals surface area contributed by atoms with Gasteiger partial charge in [0.15, 0.2) is 0 Å². The molecular weight excluding hydrogens is 460 g/mol. The normalized spacial score (nSPS) is 14.8. The maximum Gasteiger partial charge on any atom is 0.251 e. The second kappa shape index (κ2) is 10.5. The first-order chi connectivity index (χ1) is 17.1. The Balaban J connectivity index is 1.32. The third-order valence-corrected chi connectivity index (χ3v) is 6.84. The maximum atomic E-state index is 12.7. The molecule has 1 aromatic heterocycles. The van der Waals surface area contributed by atoms with Crippen LogP contribution in [0.1, 0.15) is 40.4 Å². The zero-order chi connectivity index (χ0) is 24.2. The number of benzene rings is 3. The van der Waals surface area contributed by atoms with Gasteiger partial charge >= 0.3 is 0 Å². The van der Waals surface area contributed by atoms with E-state index in [1.165, 1.54) is 18.4 Å². The Labute approximate surface area is 210 Å². The molecule has 3 aromatic carbocycles. The molecule has 1 atom stereocenters. The van der Waals surface area contributed by atoms with Gasteiger partial charge in [-0.3, -0.25) is 14.4 Å². The fourth-order valence-electron chi connectivity index (χ4n) is 4.72. The average Bonchev–Trinajstić information content (AvgIpc) is 3.55. The van der Waals surface area contributed by atoms with Crippen LogP contribution in [0.2, 0.25) is 5.02 Å². The van der Waals surface area contributed by atoms with Crippen molar-refractivity contribution in [2.24, 2.45) is 0 Å². The zero-order valence-corrected chi connectivity index (χ0v) is 20.5. The number of amides is 1. The van der Waals surface area contributed by atoms with E-state index in [1.807, 2.05) is 59.3 Å². The summed E-state index contributed by atoms with van der Waals surface area (Å²) < 4.78 is 7.35. The van der Waals surface area contributed by atoms with Crippen LogP contribution in [0.4, 0.5) is 0 Å². The summed E-state index contributed by atoms with van der Waals surface area (Å²) in [6.45, 7) is 3.35. The van der Waals surface area contributed by atoms with E-state index in [4.69, 9.17) is 21.4 Å². The molecule has 1 aliphatic rings. The standard InChI is InChI=1S/C28H29ClN4O2/c1-35-25-11-9-21(10-12-25)27(32-13-2-3-14-32)19-33-18-23-8-7-22(16-26(23)31-33)28(34)30-17-20-5-4-6-24(29)15-20/h4-12,15-16,18,27H,2-3,13-14,17,19H2,1H3,(H,30,34). The van der Waals surface area contributed by atoms with Gasteiger partial charge in [0.1, 0.15) is 5.75 Å². The molecule has 0 bridgehead atoms. The Morgan fingerprint density at radius 1 is 1.09 bits per heavy atom. The molecule has 0 aliphatic carbocycles. The molecular formula is C28H29ClN4O2. The number of hydrogen-bond donors (Lipinski definition) is 1. The van der Waals surface area contributed by atoms with E-state index in [0.29, 0.717) is 17.1 Å². The molecule has 1 amide bonds. The number of fused-ring (bicyclic) bond motifs is 1. The van der Waals surface area contributed by atoms with Gasteiger partial charge < -0.3 is 10.1 Å². The summed E-state index contributed by atoms with van der Waals surface area (Å²) >= 11 is 6.04. The van der Waals surface area contributed by atoms with Crippen LogP contribution in [0.3, 0.4) is 0 Å². The lowest BCUT2D eigenvalue weighted by molar-refractivity contribution is 0.0951. The van der Waals surface area contributed by atoms with Crippen molar-refractivity contribution >= 4 is 28.4 Å². The quantitative estimate of drug-likeness (QED) is 0.357. The molecule has 1 fully saturated rings. The number of halogens is 1. The van der Waals surface area contributed by atoms with Crippen molar-refractivity contribution < 1.29 is 9.53 Å². The number of hydrogen-bond acceptors (Lipinski definition) is 4. The first-order valence-electron chi connectivity index (χ1n) is 12.0. The molecule has 0 spiro atoms. The molecule has 0 radical (unpaired) electrons. The minimum atomic E-state index is -0.130. The third-order valence-electron chi connectivity index (χ3n) is 6.60. The molecule has 180 valence electrons. The van der Waals surface area contributed by atoms with Crippen LogP contribution >= 0.6 is 11.6 Å². The topological polar surface area (TPSA) is 59.4 Å². The highest BCUT2D eigenvalue weighted by atomic mass is 35.5. The predicted octanol–water partition coefficient (Wildman–Crippen LogP) is 5.47. The van der Waals surface area contributed by atoms with Gasteiger partial charge in [-0.15, -0.1) is 0 Å². The minimum Gasteiger partial charge on any atom is -0.497 e. The highest BCUT2D eigenvalue weighted by Crippen LogP contribution is 2.29. The number of nitrogens with zero attached hydrogens (tertiary/aromatic N) is 3. The smallest absolute Gasteiger partial charge is 0.251 e. The largest absolute Gasteiger partial charge is 0.497 e. The SMILES string of the molecule is COc1ccc(C(Cn2cc3ccc(C(=O)NCc4cccc(Cl)c4)cc3n2)N2CCCC2)cc1. The fourth-order valence-corrected chi connectivity index (χ4v) is 4.93. The van der Waals surface area contributed by atoms with Crippen LogP contribution in [0.25, 0.3) is 10.9 Å². The van der Waals surface area contributed by atoms with Gasteiger partial charge in [-0.1, -0.05) is 41.9 Å². The third kappa shape index (κ3) is 5.50. The van der Waals surface area contributed by atoms with E-state index in [-0.39, 0.29) is 11.9 Å². The molecule has 1 aliphatic heterocycles. The van der Waals surface area contributed by atoms with Gasteiger partial charge in [0.25, 0.3) is 5.91 Å². The van der Waals surface area contributed by atoms with Crippen LogP contribution < -0.4 is 10.1 Å². The average molecular weight is 489 g/mol. The summed E-state index contributed by atoms with van der Waals surface area (Å²) in [6, 6.07) is 21.7. The lowest BCUT2D eigenvalue weighted by Gasteiger charge is -2.28. The number of carbonyl (C=O) groups excluding carboxylic acids is 1. The van der Waals surface area contributed by atoms with Gasteiger partial charge in [0, 0.05) is 28.7 Å². The highest BCUT2D eigenvalue weighted by Gasteiger charge is 2.24. The second-order valence-electron chi connectivity index (χ2n) is 8.97. The van der Waals surface area contributed by atoms with Crippen molar-refractivity contribution in [2.45, 2.75) is 32.0 Å². The number of carbonyl (C=O) groups is 1. The monoisotopic (exact) mass is 488 g/mol. The van der Waals surface area contributed by atoms with Gasteiger partial charge in [-0.2, -0.15) is 5.10 Å². The molecule has 4 aromatic rings. The van der Waals surface area contributed by atoms with E-state index in [9.17, 15) is 4.79 Å².